The minimum Gasteiger partial charge on any atom is -0.494 e. The number of carbonyl (C=O) groups excluding carboxylic acids is 1. The molecule has 3 rings (SSSR count). The smallest absolute Gasteiger partial charge is 0.326 e. The van der Waals surface area contributed by atoms with Gasteiger partial charge in [0.2, 0.25) is 0 Å². The Kier molecular flexibility index (Phi) is 6.62. The van der Waals surface area contributed by atoms with Crippen LogP contribution in [0.1, 0.15) is 36.7 Å². The van der Waals surface area contributed by atoms with Gasteiger partial charge in [0.15, 0.2) is 4.80 Å². The number of thiazole rings is 1. The quantitative estimate of drug-likeness (QED) is 0.558. The van der Waals surface area contributed by atoms with Crippen LogP contribution in [0.2, 0.25) is 10.0 Å². The number of aromatic nitrogens is 1. The number of carbonyl (C=O) groups is 2. The number of carboxylic acids is 1. The predicted molar refractivity (Wildman–Crippen MR) is 114 cm³/mol. The lowest BCUT2D eigenvalue weighted by molar-refractivity contribution is -0.140. The summed E-state index contributed by atoms with van der Waals surface area (Å²) in [5.41, 5.74) is 0.897. The Hall–Kier alpha value is -2.35. The average molecular weight is 453 g/mol. The van der Waals surface area contributed by atoms with Gasteiger partial charge < -0.3 is 14.4 Å². The summed E-state index contributed by atoms with van der Waals surface area (Å²) < 4.78 is 7.87. The fourth-order valence-electron chi connectivity index (χ4n) is 2.96. The molecule has 0 saturated carbocycles. The van der Waals surface area contributed by atoms with Gasteiger partial charge in [-0.25, -0.2) is 4.79 Å². The Balaban J connectivity index is 2.22. The molecule has 1 N–H and O–H groups in total. The van der Waals surface area contributed by atoms with Gasteiger partial charge in [0.25, 0.3) is 5.91 Å². The van der Waals surface area contributed by atoms with E-state index in [1.54, 1.807) is 23.6 Å². The molecule has 0 radical (unpaired) electrons. The van der Waals surface area contributed by atoms with Crippen LogP contribution in [0.25, 0.3) is 10.2 Å². The van der Waals surface area contributed by atoms with E-state index < -0.39 is 17.9 Å². The number of aliphatic carboxylic acids is 1. The Morgan fingerprint density at radius 1 is 1.17 bits per heavy atom. The third kappa shape index (κ3) is 4.63. The van der Waals surface area contributed by atoms with Crippen LogP contribution >= 0.6 is 34.5 Å². The molecule has 0 bridgehead atoms. The number of benzene rings is 2. The number of ether oxygens (including phenoxy) is 1. The molecule has 6 nitrogen and oxygen atoms in total. The van der Waals surface area contributed by atoms with Crippen LogP contribution in [0.4, 0.5) is 0 Å². The number of halogens is 2. The fraction of sp³-hybridized carbons (Fsp3) is 0.250. The Morgan fingerprint density at radius 2 is 1.86 bits per heavy atom. The number of carboxylic acid groups (broad SMARTS) is 1. The van der Waals surface area contributed by atoms with Crippen molar-refractivity contribution < 1.29 is 19.4 Å². The molecule has 9 heteroatoms. The van der Waals surface area contributed by atoms with E-state index in [-0.39, 0.29) is 10.4 Å². The summed E-state index contributed by atoms with van der Waals surface area (Å²) in [4.78, 5) is 29.1. The maximum Gasteiger partial charge on any atom is 0.326 e. The highest BCUT2D eigenvalue weighted by Crippen LogP contribution is 2.27. The standard InChI is InChI=1S/C20H18Cl2N2O4S/c1-3-15(19(26)27)24-16-6-5-14(28-4-2)10-17(16)29-20(24)23-18(25)11-7-12(21)9-13(22)8-11/h5-10,15H,3-4H2,1-2H3,(H,26,27). The molecule has 152 valence electrons. The molecule has 29 heavy (non-hydrogen) atoms. The van der Waals surface area contributed by atoms with Gasteiger partial charge in [0.1, 0.15) is 11.8 Å². The van der Waals surface area contributed by atoms with Crippen LogP contribution in [0.5, 0.6) is 5.75 Å². The molecule has 0 aliphatic heterocycles. The minimum absolute atomic E-state index is 0.227. The van der Waals surface area contributed by atoms with Crippen molar-refractivity contribution in [3.63, 3.8) is 0 Å². The molecular formula is C20H18Cl2N2O4S. The molecule has 1 aromatic heterocycles. The predicted octanol–water partition coefficient (Wildman–Crippen LogP) is 5.19. The largest absolute Gasteiger partial charge is 0.494 e. The van der Waals surface area contributed by atoms with Crippen molar-refractivity contribution in [2.75, 3.05) is 6.61 Å². The highest BCUT2D eigenvalue weighted by atomic mass is 35.5. The summed E-state index contributed by atoms with van der Waals surface area (Å²) in [6.07, 6.45) is 0.332. The number of fused-ring (bicyclic) bond motifs is 1. The number of hydrogen-bond donors (Lipinski definition) is 1. The SMILES string of the molecule is CCOc1ccc2c(c1)sc(=NC(=O)c1cc(Cl)cc(Cl)c1)n2C(CC)C(=O)O. The Morgan fingerprint density at radius 3 is 2.45 bits per heavy atom. The van der Waals surface area contributed by atoms with Crippen LogP contribution in [0, 0.1) is 0 Å². The number of rotatable bonds is 6. The minimum atomic E-state index is -0.999. The summed E-state index contributed by atoms with van der Waals surface area (Å²) in [5, 5.41) is 10.3. The van der Waals surface area contributed by atoms with Crippen LogP contribution in [-0.2, 0) is 4.79 Å². The van der Waals surface area contributed by atoms with E-state index in [4.69, 9.17) is 27.9 Å². The molecular weight excluding hydrogens is 435 g/mol. The van der Waals surface area contributed by atoms with Gasteiger partial charge in [0, 0.05) is 15.6 Å². The van der Waals surface area contributed by atoms with Crippen molar-refractivity contribution in [1.82, 2.24) is 4.57 Å². The zero-order chi connectivity index (χ0) is 21.1. The highest BCUT2D eigenvalue weighted by molar-refractivity contribution is 7.16. The van der Waals surface area contributed by atoms with Crippen molar-refractivity contribution in [1.29, 1.82) is 0 Å². The van der Waals surface area contributed by atoms with Crippen LogP contribution < -0.4 is 9.54 Å². The van der Waals surface area contributed by atoms with Crippen molar-refractivity contribution in [3.05, 3.63) is 56.8 Å². The van der Waals surface area contributed by atoms with E-state index >= 15 is 0 Å². The Bertz CT molecular complexity index is 1130. The van der Waals surface area contributed by atoms with E-state index in [0.717, 1.165) is 4.70 Å². The number of hydrogen-bond acceptors (Lipinski definition) is 4. The highest BCUT2D eigenvalue weighted by Gasteiger charge is 2.22. The van der Waals surface area contributed by atoms with E-state index in [0.29, 0.717) is 34.3 Å². The van der Waals surface area contributed by atoms with E-state index in [2.05, 4.69) is 4.99 Å². The lowest BCUT2D eigenvalue weighted by Gasteiger charge is -2.13. The van der Waals surface area contributed by atoms with Gasteiger partial charge in [-0.3, -0.25) is 4.79 Å². The lowest BCUT2D eigenvalue weighted by Crippen LogP contribution is -2.27. The number of nitrogens with zero attached hydrogens (tertiary/aromatic N) is 2. The normalized spacial score (nSPS) is 12.9. The molecule has 1 amide bonds. The van der Waals surface area contributed by atoms with Crippen LogP contribution in [-0.4, -0.2) is 28.2 Å². The Labute approximate surface area is 181 Å². The molecule has 1 atom stereocenters. The summed E-state index contributed by atoms with van der Waals surface area (Å²) in [7, 11) is 0. The summed E-state index contributed by atoms with van der Waals surface area (Å²) in [6.45, 7) is 4.16. The first-order chi connectivity index (χ1) is 13.8. The van der Waals surface area contributed by atoms with Gasteiger partial charge in [-0.1, -0.05) is 41.5 Å². The van der Waals surface area contributed by atoms with E-state index in [1.165, 1.54) is 29.5 Å². The van der Waals surface area contributed by atoms with Crippen molar-refractivity contribution in [3.8, 4) is 5.75 Å². The molecule has 3 aromatic rings. The molecule has 0 fully saturated rings. The maximum atomic E-state index is 12.7. The van der Waals surface area contributed by atoms with Gasteiger partial charge in [-0.15, -0.1) is 0 Å². The lowest BCUT2D eigenvalue weighted by atomic mass is 10.2. The summed E-state index contributed by atoms with van der Waals surface area (Å²) in [5.74, 6) is -0.892. The first-order valence-corrected chi connectivity index (χ1v) is 10.5. The first-order valence-electron chi connectivity index (χ1n) is 8.89. The summed E-state index contributed by atoms with van der Waals surface area (Å²) >= 11 is 13.2. The molecule has 0 saturated heterocycles. The van der Waals surface area contributed by atoms with Crippen LogP contribution in [0.15, 0.2) is 41.4 Å². The van der Waals surface area contributed by atoms with Gasteiger partial charge in [-0.05, 0) is 49.7 Å². The second-order valence-electron chi connectivity index (χ2n) is 6.15. The van der Waals surface area contributed by atoms with Gasteiger partial charge >= 0.3 is 5.97 Å². The molecule has 0 aliphatic rings. The molecule has 2 aromatic carbocycles. The van der Waals surface area contributed by atoms with Crippen molar-refractivity contribution in [2.45, 2.75) is 26.3 Å². The fourth-order valence-corrected chi connectivity index (χ4v) is 4.58. The third-order valence-corrected chi connectivity index (χ3v) is 5.65. The van der Waals surface area contributed by atoms with Gasteiger partial charge in [0.05, 0.1) is 16.8 Å². The molecule has 0 spiro atoms. The maximum absolute atomic E-state index is 12.7. The molecule has 0 aliphatic carbocycles. The van der Waals surface area contributed by atoms with Crippen molar-refractivity contribution >= 4 is 56.6 Å². The first kappa shape index (κ1) is 21.4. The van der Waals surface area contributed by atoms with E-state index in [1.807, 2.05) is 13.0 Å². The van der Waals surface area contributed by atoms with E-state index in [9.17, 15) is 14.7 Å². The summed E-state index contributed by atoms with van der Waals surface area (Å²) in [6, 6.07) is 8.96. The van der Waals surface area contributed by atoms with Crippen molar-refractivity contribution in [2.24, 2.45) is 4.99 Å². The van der Waals surface area contributed by atoms with Gasteiger partial charge in [-0.2, -0.15) is 4.99 Å². The third-order valence-electron chi connectivity index (χ3n) is 4.20. The second-order valence-corrected chi connectivity index (χ2v) is 8.04. The second kappa shape index (κ2) is 8.98. The zero-order valence-corrected chi connectivity index (χ0v) is 18.0. The molecule has 1 heterocycles. The average Bonchev–Trinajstić information content (AvgIpc) is 2.98. The monoisotopic (exact) mass is 452 g/mol. The number of amides is 1. The zero-order valence-electron chi connectivity index (χ0n) is 15.7. The topological polar surface area (TPSA) is 80.9 Å². The molecule has 1 unspecified atom stereocenters. The van der Waals surface area contributed by atoms with Crippen LogP contribution in [0.3, 0.4) is 0 Å².